The van der Waals surface area contributed by atoms with Gasteiger partial charge in [0.25, 0.3) is 0 Å². The molecule has 0 fully saturated rings. The Morgan fingerprint density at radius 1 is 1.40 bits per heavy atom. The second-order valence-corrected chi connectivity index (χ2v) is 2.09. The van der Waals surface area contributed by atoms with Crippen LogP contribution < -0.4 is 0 Å². The van der Waals surface area contributed by atoms with Crippen LogP contribution in [0.2, 0.25) is 0 Å². The van der Waals surface area contributed by atoms with E-state index in [2.05, 4.69) is 4.99 Å². The van der Waals surface area contributed by atoms with E-state index in [-0.39, 0.29) is 0 Å². The highest BCUT2D eigenvalue weighted by atomic mass is 32.2. The van der Waals surface area contributed by atoms with Crippen molar-refractivity contribution in [1.82, 2.24) is 0 Å². The second kappa shape index (κ2) is 11.5. The Labute approximate surface area is 68.6 Å². The molecule has 0 amide bonds. The first kappa shape index (κ1) is 12.4. The SMILES string of the molecule is CC.CC=N/C(C)=C\SC. The molecule has 10 heavy (non-hydrogen) atoms. The maximum absolute atomic E-state index is 4.03. The average Bonchev–Trinajstić information content (AvgIpc) is 1.93. The summed E-state index contributed by atoms with van der Waals surface area (Å²) in [7, 11) is 0. The molecule has 0 rings (SSSR count). The van der Waals surface area contributed by atoms with Crippen LogP contribution in [0.1, 0.15) is 27.7 Å². The number of hydrogen-bond donors (Lipinski definition) is 0. The molecule has 0 radical (unpaired) electrons. The number of aliphatic imine (C=N–C) groups is 1. The van der Waals surface area contributed by atoms with Gasteiger partial charge in [-0.15, -0.1) is 11.8 Å². The van der Waals surface area contributed by atoms with Crippen LogP contribution in [0.3, 0.4) is 0 Å². The fraction of sp³-hybridized carbons (Fsp3) is 0.625. The lowest BCUT2D eigenvalue weighted by molar-refractivity contribution is 1.33. The Morgan fingerprint density at radius 2 is 1.90 bits per heavy atom. The van der Waals surface area contributed by atoms with Crippen LogP contribution in [-0.2, 0) is 0 Å². The van der Waals surface area contributed by atoms with Crippen LogP contribution >= 0.6 is 11.8 Å². The van der Waals surface area contributed by atoms with E-state index in [1.54, 1.807) is 18.0 Å². The minimum absolute atomic E-state index is 1.07. The van der Waals surface area contributed by atoms with Crippen LogP contribution in [0.15, 0.2) is 16.1 Å². The highest BCUT2D eigenvalue weighted by molar-refractivity contribution is 8.01. The highest BCUT2D eigenvalue weighted by Crippen LogP contribution is 2.01. The number of rotatable bonds is 2. The summed E-state index contributed by atoms with van der Waals surface area (Å²) in [4.78, 5) is 4.03. The van der Waals surface area contributed by atoms with Crippen molar-refractivity contribution in [2.24, 2.45) is 4.99 Å². The van der Waals surface area contributed by atoms with Crippen molar-refractivity contribution in [3.8, 4) is 0 Å². The third kappa shape index (κ3) is 10.7. The highest BCUT2D eigenvalue weighted by Gasteiger charge is 1.75. The van der Waals surface area contributed by atoms with Gasteiger partial charge in [-0.05, 0) is 25.5 Å². The van der Waals surface area contributed by atoms with Gasteiger partial charge in [0.15, 0.2) is 0 Å². The zero-order valence-electron chi connectivity index (χ0n) is 7.51. The van der Waals surface area contributed by atoms with Gasteiger partial charge in [0.2, 0.25) is 0 Å². The van der Waals surface area contributed by atoms with Crippen molar-refractivity contribution in [2.75, 3.05) is 6.26 Å². The summed E-state index contributed by atoms with van der Waals surface area (Å²) in [5.74, 6) is 0. The van der Waals surface area contributed by atoms with Gasteiger partial charge < -0.3 is 0 Å². The van der Waals surface area contributed by atoms with Crippen molar-refractivity contribution >= 4 is 18.0 Å². The lowest BCUT2D eigenvalue weighted by Gasteiger charge is -1.85. The van der Waals surface area contributed by atoms with E-state index in [9.17, 15) is 0 Å². The zero-order chi connectivity index (χ0) is 8.41. The molecule has 0 aliphatic carbocycles. The van der Waals surface area contributed by atoms with Crippen LogP contribution in [0.25, 0.3) is 0 Å². The molecule has 0 heterocycles. The predicted octanol–water partition coefficient (Wildman–Crippen LogP) is 3.33. The molecule has 2 heteroatoms. The Kier molecular flexibility index (Phi) is 14.4. The summed E-state index contributed by atoms with van der Waals surface area (Å²) >= 11 is 1.67. The number of allylic oxidation sites excluding steroid dienone is 1. The molecule has 0 bridgehead atoms. The molecule has 0 spiro atoms. The molecule has 60 valence electrons. The maximum Gasteiger partial charge on any atom is 0.0431 e. The molecule has 1 nitrogen and oxygen atoms in total. The van der Waals surface area contributed by atoms with Crippen molar-refractivity contribution < 1.29 is 0 Å². The van der Waals surface area contributed by atoms with Gasteiger partial charge in [0, 0.05) is 11.9 Å². The first-order valence-corrected chi connectivity index (χ1v) is 4.78. The van der Waals surface area contributed by atoms with Crippen LogP contribution in [0.4, 0.5) is 0 Å². The Bertz CT molecular complexity index is 106. The third-order valence-corrected chi connectivity index (χ3v) is 1.20. The Hall–Kier alpha value is -0.240. The fourth-order valence-electron chi connectivity index (χ4n) is 0.405. The molecule has 0 aromatic heterocycles. The van der Waals surface area contributed by atoms with E-state index >= 15 is 0 Å². The minimum Gasteiger partial charge on any atom is -0.266 e. The topological polar surface area (TPSA) is 12.4 Å². The normalized spacial score (nSPS) is 11.1. The summed E-state index contributed by atoms with van der Waals surface area (Å²) in [6, 6.07) is 0. The standard InChI is InChI=1S/C6H11NS.C2H6/c1-4-7-6(2)5-8-3;1-2/h4-5H,1-3H3;1-2H3/b6-5-,7-4?;. The van der Waals surface area contributed by atoms with Gasteiger partial charge in [0.1, 0.15) is 0 Å². The number of nitrogens with zero attached hydrogens (tertiary/aromatic N) is 1. The monoisotopic (exact) mass is 159 g/mol. The van der Waals surface area contributed by atoms with E-state index < -0.39 is 0 Å². The predicted molar refractivity (Wildman–Crippen MR) is 52.8 cm³/mol. The minimum atomic E-state index is 1.07. The summed E-state index contributed by atoms with van der Waals surface area (Å²) in [5.41, 5.74) is 1.07. The van der Waals surface area contributed by atoms with Gasteiger partial charge >= 0.3 is 0 Å². The molecule has 0 aliphatic heterocycles. The molecule has 0 saturated carbocycles. The first-order chi connectivity index (χ1) is 4.81. The van der Waals surface area contributed by atoms with Crippen molar-refractivity contribution in [3.63, 3.8) is 0 Å². The summed E-state index contributed by atoms with van der Waals surface area (Å²) in [6.07, 6.45) is 3.82. The number of hydrogen-bond acceptors (Lipinski definition) is 2. The van der Waals surface area contributed by atoms with Crippen LogP contribution in [-0.4, -0.2) is 12.5 Å². The largest absolute Gasteiger partial charge is 0.266 e. The van der Waals surface area contributed by atoms with Gasteiger partial charge in [-0.2, -0.15) is 0 Å². The lowest BCUT2D eigenvalue weighted by Crippen LogP contribution is -1.65. The van der Waals surface area contributed by atoms with Gasteiger partial charge in [-0.1, -0.05) is 13.8 Å². The Morgan fingerprint density at radius 3 is 2.20 bits per heavy atom. The molecular formula is C8H17NS. The van der Waals surface area contributed by atoms with Gasteiger partial charge in [-0.25, -0.2) is 0 Å². The molecule has 0 unspecified atom stereocenters. The first-order valence-electron chi connectivity index (χ1n) is 3.49. The quantitative estimate of drug-likeness (QED) is 0.563. The van der Waals surface area contributed by atoms with E-state index in [0.717, 1.165) is 5.70 Å². The lowest BCUT2D eigenvalue weighted by atomic mass is 10.6. The summed E-state index contributed by atoms with van der Waals surface area (Å²) in [6.45, 7) is 7.90. The molecule has 0 aromatic rings. The van der Waals surface area contributed by atoms with Crippen LogP contribution in [0, 0.1) is 0 Å². The van der Waals surface area contributed by atoms with E-state index in [0.29, 0.717) is 0 Å². The fourth-order valence-corrected chi connectivity index (χ4v) is 0.807. The molecule has 0 atom stereocenters. The molecule has 0 aromatic carbocycles. The maximum atomic E-state index is 4.03. The molecule has 0 saturated heterocycles. The van der Waals surface area contributed by atoms with E-state index in [4.69, 9.17) is 0 Å². The van der Waals surface area contributed by atoms with Crippen molar-refractivity contribution in [2.45, 2.75) is 27.7 Å². The summed E-state index contributed by atoms with van der Waals surface area (Å²) < 4.78 is 0. The van der Waals surface area contributed by atoms with E-state index in [1.807, 2.05) is 39.4 Å². The molecule has 0 aliphatic rings. The van der Waals surface area contributed by atoms with Gasteiger partial charge in [-0.3, -0.25) is 4.99 Å². The molecule has 0 N–H and O–H groups in total. The van der Waals surface area contributed by atoms with Crippen LogP contribution in [0.5, 0.6) is 0 Å². The van der Waals surface area contributed by atoms with E-state index in [1.165, 1.54) is 0 Å². The number of thioether (sulfide) groups is 1. The zero-order valence-corrected chi connectivity index (χ0v) is 8.33. The average molecular weight is 159 g/mol. The van der Waals surface area contributed by atoms with Crippen molar-refractivity contribution in [3.05, 3.63) is 11.1 Å². The summed E-state index contributed by atoms with van der Waals surface area (Å²) in [5, 5.41) is 2.01. The van der Waals surface area contributed by atoms with Crippen molar-refractivity contribution in [1.29, 1.82) is 0 Å². The molecular weight excluding hydrogens is 142 g/mol. The third-order valence-electron chi connectivity index (χ3n) is 0.621. The smallest absolute Gasteiger partial charge is 0.0431 e. The second-order valence-electron chi connectivity index (χ2n) is 1.38. The van der Waals surface area contributed by atoms with Gasteiger partial charge in [0.05, 0.1) is 0 Å². The Balaban J connectivity index is 0.